The molecule has 0 saturated heterocycles. The topological polar surface area (TPSA) is 55.1 Å². The van der Waals surface area contributed by atoms with Gasteiger partial charge in [-0.05, 0) is 12.1 Å². The number of carbonyl (C=O) groups is 1. The fourth-order valence-corrected chi connectivity index (χ4v) is 0.945. The van der Waals surface area contributed by atoms with Gasteiger partial charge in [0, 0.05) is 6.07 Å². The molecule has 16 heavy (non-hydrogen) atoms. The number of rotatable bonds is 2. The van der Waals surface area contributed by atoms with E-state index in [-0.39, 0.29) is 24.6 Å². The lowest BCUT2D eigenvalue weighted by atomic mass is 10.2. The molecule has 0 aliphatic rings. The number of carbonyl (C=O) groups excluding carboxylic acids is 1. The first-order valence-corrected chi connectivity index (χ1v) is 4.54. The summed E-state index contributed by atoms with van der Waals surface area (Å²) < 4.78 is 25.6. The molecule has 0 aliphatic carbocycles. The minimum absolute atomic E-state index is 0.0762. The predicted octanol–water partition coefficient (Wildman–Crippen LogP) is 0.391. The van der Waals surface area contributed by atoms with Crippen molar-refractivity contribution in [2.45, 2.75) is 0 Å². The molecule has 0 spiro atoms. The smallest absolute Gasteiger partial charge is 0.234 e. The zero-order valence-electron chi connectivity index (χ0n) is 8.39. The molecule has 0 heterocycles. The van der Waals surface area contributed by atoms with Gasteiger partial charge in [-0.3, -0.25) is 4.79 Å². The maximum Gasteiger partial charge on any atom is 0.234 e. The molecule has 3 nitrogen and oxygen atoms in total. The first kappa shape index (κ1) is 12.1. The predicted molar refractivity (Wildman–Crippen MR) is 55.3 cm³/mol. The van der Waals surface area contributed by atoms with Crippen molar-refractivity contribution in [1.29, 1.82) is 0 Å². The van der Waals surface area contributed by atoms with Gasteiger partial charge in [0.05, 0.1) is 18.7 Å². The minimum Gasteiger partial charge on any atom is -0.344 e. The van der Waals surface area contributed by atoms with Crippen LogP contribution < -0.4 is 11.1 Å². The van der Waals surface area contributed by atoms with Crippen LogP contribution in [0.25, 0.3) is 0 Å². The van der Waals surface area contributed by atoms with E-state index in [1.165, 1.54) is 6.07 Å². The third-order valence-electron chi connectivity index (χ3n) is 1.71. The second kappa shape index (κ2) is 5.83. The van der Waals surface area contributed by atoms with Crippen molar-refractivity contribution in [2.75, 3.05) is 13.1 Å². The van der Waals surface area contributed by atoms with E-state index in [2.05, 4.69) is 17.2 Å². The van der Waals surface area contributed by atoms with Crippen LogP contribution in [-0.4, -0.2) is 19.0 Å². The summed E-state index contributed by atoms with van der Waals surface area (Å²) in [7, 11) is 0. The SMILES string of the molecule is NCC(=O)NCC#Cc1ccc(F)cc1F. The van der Waals surface area contributed by atoms with Crippen molar-refractivity contribution >= 4 is 5.91 Å². The number of benzene rings is 1. The Hall–Kier alpha value is -1.93. The second-order valence-electron chi connectivity index (χ2n) is 2.91. The molecule has 3 N–H and O–H groups in total. The highest BCUT2D eigenvalue weighted by Gasteiger charge is 1.99. The monoisotopic (exact) mass is 224 g/mol. The van der Waals surface area contributed by atoms with Gasteiger partial charge in [-0.2, -0.15) is 0 Å². The van der Waals surface area contributed by atoms with E-state index in [9.17, 15) is 13.6 Å². The molecule has 1 rings (SSSR count). The minimum atomic E-state index is -0.724. The molecule has 5 heteroatoms. The van der Waals surface area contributed by atoms with Crippen LogP contribution >= 0.6 is 0 Å². The number of halogens is 2. The van der Waals surface area contributed by atoms with E-state index >= 15 is 0 Å². The van der Waals surface area contributed by atoms with Crippen molar-refractivity contribution in [1.82, 2.24) is 5.32 Å². The molecule has 1 aromatic carbocycles. The first-order valence-electron chi connectivity index (χ1n) is 4.54. The number of nitrogens with two attached hydrogens (primary N) is 1. The lowest BCUT2D eigenvalue weighted by Crippen LogP contribution is -2.30. The Labute approximate surface area is 91.6 Å². The largest absolute Gasteiger partial charge is 0.344 e. The lowest BCUT2D eigenvalue weighted by molar-refractivity contribution is -0.119. The van der Waals surface area contributed by atoms with Gasteiger partial charge < -0.3 is 11.1 Å². The van der Waals surface area contributed by atoms with E-state index in [1.807, 2.05) is 0 Å². The van der Waals surface area contributed by atoms with Crippen molar-refractivity contribution in [3.05, 3.63) is 35.4 Å². The highest BCUT2D eigenvalue weighted by atomic mass is 19.1. The molecule has 0 aliphatic heterocycles. The third-order valence-corrected chi connectivity index (χ3v) is 1.71. The summed E-state index contributed by atoms with van der Waals surface area (Å²) in [5.41, 5.74) is 5.13. The molecule has 0 saturated carbocycles. The highest BCUT2D eigenvalue weighted by molar-refractivity contribution is 5.77. The Morgan fingerprint density at radius 3 is 2.81 bits per heavy atom. The standard InChI is InChI=1S/C11H10F2N2O/c12-9-4-3-8(10(13)6-9)2-1-5-15-11(16)7-14/h3-4,6H,5,7,14H2,(H,15,16). The van der Waals surface area contributed by atoms with Gasteiger partial charge in [0.25, 0.3) is 0 Å². The zero-order valence-corrected chi connectivity index (χ0v) is 8.39. The van der Waals surface area contributed by atoms with E-state index < -0.39 is 11.6 Å². The Balaban J connectivity index is 2.60. The molecule has 0 bridgehead atoms. The molecule has 84 valence electrons. The van der Waals surface area contributed by atoms with Crippen LogP contribution in [0.4, 0.5) is 8.78 Å². The van der Waals surface area contributed by atoms with Crippen LogP contribution in [0.2, 0.25) is 0 Å². The molecule has 1 amide bonds. The van der Waals surface area contributed by atoms with E-state index in [4.69, 9.17) is 5.73 Å². The van der Waals surface area contributed by atoms with Gasteiger partial charge in [0.2, 0.25) is 5.91 Å². The molecular formula is C11H10F2N2O. The Morgan fingerprint density at radius 2 is 2.19 bits per heavy atom. The van der Waals surface area contributed by atoms with E-state index in [0.717, 1.165) is 12.1 Å². The number of hydrogen-bond acceptors (Lipinski definition) is 2. The van der Waals surface area contributed by atoms with Crippen LogP contribution in [0.5, 0.6) is 0 Å². The number of nitrogens with one attached hydrogen (secondary N) is 1. The van der Waals surface area contributed by atoms with Gasteiger partial charge in [-0.15, -0.1) is 0 Å². The van der Waals surface area contributed by atoms with Crippen molar-refractivity contribution in [3.8, 4) is 11.8 Å². The van der Waals surface area contributed by atoms with Crippen LogP contribution in [0, 0.1) is 23.5 Å². The quantitative estimate of drug-likeness (QED) is 0.714. The fraction of sp³-hybridized carbons (Fsp3) is 0.182. The zero-order chi connectivity index (χ0) is 12.0. The molecule has 0 radical (unpaired) electrons. The van der Waals surface area contributed by atoms with Crippen LogP contribution in [0.1, 0.15) is 5.56 Å². The van der Waals surface area contributed by atoms with Gasteiger partial charge in [-0.25, -0.2) is 8.78 Å². The maximum atomic E-state index is 13.1. The number of amides is 1. The van der Waals surface area contributed by atoms with E-state index in [1.54, 1.807) is 0 Å². The lowest BCUT2D eigenvalue weighted by Gasteiger charge is -1.96. The summed E-state index contributed by atoms with van der Waals surface area (Å²) in [4.78, 5) is 10.7. The summed E-state index contributed by atoms with van der Waals surface area (Å²) in [5, 5.41) is 2.40. The normalized spacial score (nSPS) is 9.19. The summed E-state index contributed by atoms with van der Waals surface area (Å²) in [6.07, 6.45) is 0. The molecule has 0 atom stereocenters. The summed E-state index contributed by atoms with van der Waals surface area (Å²) in [6, 6.07) is 3.11. The summed E-state index contributed by atoms with van der Waals surface area (Å²) >= 11 is 0. The average molecular weight is 224 g/mol. The summed E-state index contributed by atoms with van der Waals surface area (Å²) in [5.74, 6) is 3.28. The molecule has 1 aromatic rings. The Kier molecular flexibility index (Phi) is 4.42. The molecule has 0 aromatic heterocycles. The van der Waals surface area contributed by atoms with Crippen LogP contribution in [-0.2, 0) is 4.79 Å². The van der Waals surface area contributed by atoms with Crippen LogP contribution in [0.3, 0.4) is 0 Å². The van der Waals surface area contributed by atoms with Crippen molar-refractivity contribution in [2.24, 2.45) is 5.73 Å². The average Bonchev–Trinajstić information content (AvgIpc) is 2.26. The first-order chi connectivity index (χ1) is 7.63. The van der Waals surface area contributed by atoms with Gasteiger partial charge in [0.1, 0.15) is 11.6 Å². The molecule has 0 fully saturated rings. The Morgan fingerprint density at radius 1 is 1.44 bits per heavy atom. The maximum absolute atomic E-state index is 13.1. The van der Waals surface area contributed by atoms with E-state index in [0.29, 0.717) is 0 Å². The van der Waals surface area contributed by atoms with Gasteiger partial charge >= 0.3 is 0 Å². The molecule has 0 unspecified atom stereocenters. The Bertz CT molecular complexity index is 449. The van der Waals surface area contributed by atoms with Gasteiger partial charge in [-0.1, -0.05) is 11.8 Å². The summed E-state index contributed by atoms with van der Waals surface area (Å²) in [6.45, 7) is -0.0422. The molecular weight excluding hydrogens is 214 g/mol. The van der Waals surface area contributed by atoms with Crippen molar-refractivity contribution in [3.63, 3.8) is 0 Å². The second-order valence-corrected chi connectivity index (χ2v) is 2.91. The van der Waals surface area contributed by atoms with Gasteiger partial charge in [0.15, 0.2) is 0 Å². The highest BCUT2D eigenvalue weighted by Crippen LogP contribution is 2.07. The third kappa shape index (κ3) is 3.67. The van der Waals surface area contributed by atoms with Crippen LogP contribution in [0.15, 0.2) is 18.2 Å². The van der Waals surface area contributed by atoms with Crippen molar-refractivity contribution < 1.29 is 13.6 Å². The number of hydrogen-bond donors (Lipinski definition) is 2. The fourth-order valence-electron chi connectivity index (χ4n) is 0.945.